The number of nitrogens with zero attached hydrogens (tertiary/aromatic N) is 1. The van der Waals surface area contributed by atoms with E-state index in [2.05, 4.69) is 11.8 Å². The number of hydrogen-bond acceptors (Lipinski definition) is 1. The molecule has 0 N–H and O–H groups in total. The van der Waals surface area contributed by atoms with Crippen LogP contribution in [-0.4, -0.2) is 25.5 Å². The van der Waals surface area contributed by atoms with Crippen molar-refractivity contribution >= 4 is 0 Å². The van der Waals surface area contributed by atoms with E-state index in [0.717, 1.165) is 13.0 Å². The average Bonchev–Trinajstić information content (AvgIpc) is 1.35. The van der Waals surface area contributed by atoms with Crippen LogP contribution in [-0.2, 0) is 21.7 Å². The van der Waals surface area contributed by atoms with Crippen LogP contribution in [0.15, 0.2) is 0 Å². The van der Waals surface area contributed by atoms with E-state index >= 15 is 0 Å². The number of hydrogen-bond donors (Lipinski definition) is 0. The minimum absolute atomic E-state index is 0. The van der Waals surface area contributed by atoms with Gasteiger partial charge in [0, 0.05) is 21.7 Å². The van der Waals surface area contributed by atoms with Crippen LogP contribution in [0.5, 0.6) is 0 Å². The Morgan fingerprint density at radius 2 is 1.86 bits per heavy atom. The SMILES string of the molecule is [CH2-]CCN(C)C.[Ti]. The van der Waals surface area contributed by atoms with E-state index in [0.29, 0.717) is 0 Å². The molecule has 0 atom stereocenters. The van der Waals surface area contributed by atoms with Gasteiger partial charge in [0.25, 0.3) is 0 Å². The zero-order valence-electron chi connectivity index (χ0n) is 5.07. The fourth-order valence-electron chi connectivity index (χ4n) is 0.316. The van der Waals surface area contributed by atoms with Gasteiger partial charge in [0.1, 0.15) is 0 Å². The Labute approximate surface area is 61.0 Å². The molecule has 0 aromatic carbocycles. The van der Waals surface area contributed by atoms with Crippen LogP contribution in [0.4, 0.5) is 0 Å². The average molecular weight is 134 g/mol. The van der Waals surface area contributed by atoms with Crippen molar-refractivity contribution in [2.45, 2.75) is 6.42 Å². The second kappa shape index (κ2) is 6.67. The smallest absolute Gasteiger partial charge is 0 e. The van der Waals surface area contributed by atoms with Crippen LogP contribution in [0.1, 0.15) is 6.42 Å². The van der Waals surface area contributed by atoms with Crippen molar-refractivity contribution in [3.63, 3.8) is 0 Å². The summed E-state index contributed by atoms with van der Waals surface area (Å²) in [5.74, 6) is 0. The van der Waals surface area contributed by atoms with E-state index in [-0.39, 0.29) is 21.7 Å². The Morgan fingerprint density at radius 1 is 1.43 bits per heavy atom. The molecule has 0 aromatic rings. The van der Waals surface area contributed by atoms with Gasteiger partial charge in [0.05, 0.1) is 0 Å². The maximum Gasteiger partial charge on any atom is 0 e. The van der Waals surface area contributed by atoms with Gasteiger partial charge in [-0.25, -0.2) is 0 Å². The van der Waals surface area contributed by atoms with Crippen molar-refractivity contribution in [3.05, 3.63) is 6.92 Å². The van der Waals surface area contributed by atoms with Gasteiger partial charge in [0.15, 0.2) is 0 Å². The van der Waals surface area contributed by atoms with Crippen LogP contribution in [0.3, 0.4) is 0 Å². The molecule has 0 heterocycles. The first-order valence-corrected chi connectivity index (χ1v) is 2.21. The molecule has 0 saturated heterocycles. The molecule has 0 fully saturated rings. The molecule has 7 heavy (non-hydrogen) atoms. The van der Waals surface area contributed by atoms with Gasteiger partial charge in [-0.2, -0.15) is 6.42 Å². The predicted molar refractivity (Wildman–Crippen MR) is 28.5 cm³/mol. The summed E-state index contributed by atoms with van der Waals surface area (Å²) in [6, 6.07) is 0. The van der Waals surface area contributed by atoms with E-state index in [1.54, 1.807) is 0 Å². The summed E-state index contributed by atoms with van der Waals surface area (Å²) >= 11 is 0. The third-order valence-electron chi connectivity index (χ3n) is 0.605. The molecule has 0 radical (unpaired) electrons. The van der Waals surface area contributed by atoms with Crippen LogP contribution in [0, 0.1) is 6.92 Å². The summed E-state index contributed by atoms with van der Waals surface area (Å²) in [5, 5.41) is 0. The van der Waals surface area contributed by atoms with Gasteiger partial charge in [-0.3, -0.25) is 0 Å². The molecule has 0 aromatic heterocycles. The van der Waals surface area contributed by atoms with Crippen LogP contribution >= 0.6 is 0 Å². The molecule has 2 heteroatoms. The van der Waals surface area contributed by atoms with Gasteiger partial charge in [-0.05, 0) is 20.6 Å². The topological polar surface area (TPSA) is 3.24 Å². The molecule has 0 spiro atoms. The van der Waals surface area contributed by atoms with Gasteiger partial charge in [-0.1, -0.05) is 0 Å². The van der Waals surface area contributed by atoms with E-state index in [1.165, 1.54) is 0 Å². The first kappa shape index (κ1) is 10.6. The van der Waals surface area contributed by atoms with Crippen molar-refractivity contribution in [2.75, 3.05) is 20.6 Å². The minimum Gasteiger partial charge on any atom is -0.342 e. The van der Waals surface area contributed by atoms with Crippen molar-refractivity contribution < 1.29 is 21.7 Å². The third kappa shape index (κ3) is 10.8. The number of rotatable bonds is 2. The second-order valence-electron chi connectivity index (χ2n) is 1.66. The molecule has 0 unspecified atom stereocenters. The Morgan fingerprint density at radius 3 is 1.86 bits per heavy atom. The summed E-state index contributed by atoms with van der Waals surface area (Å²) in [4.78, 5) is 2.12. The van der Waals surface area contributed by atoms with E-state index in [1.807, 2.05) is 14.1 Å². The summed E-state index contributed by atoms with van der Waals surface area (Å²) in [7, 11) is 4.09. The standard InChI is InChI=1S/C5H12N.Ti/c1-4-5-6(2)3;/h1,4-5H2,2-3H3;/q-1;. The maximum atomic E-state index is 3.68. The van der Waals surface area contributed by atoms with E-state index in [9.17, 15) is 0 Å². The fraction of sp³-hybridized carbons (Fsp3) is 0.800. The Bertz CT molecular complexity index is 29.3. The zero-order chi connectivity index (χ0) is 4.99. The Kier molecular flexibility index (Phi) is 10.1. The van der Waals surface area contributed by atoms with Crippen molar-refractivity contribution in [1.82, 2.24) is 4.90 Å². The van der Waals surface area contributed by atoms with Crippen molar-refractivity contribution in [2.24, 2.45) is 0 Å². The van der Waals surface area contributed by atoms with E-state index in [4.69, 9.17) is 0 Å². The van der Waals surface area contributed by atoms with Crippen molar-refractivity contribution in [3.8, 4) is 0 Å². The molecule has 0 aliphatic carbocycles. The molecule has 1 nitrogen and oxygen atoms in total. The molecule has 0 saturated carbocycles. The summed E-state index contributed by atoms with van der Waals surface area (Å²) in [6.07, 6.45) is 1.01. The molecule has 0 rings (SSSR count). The Balaban J connectivity index is 0. The molecule has 0 bridgehead atoms. The van der Waals surface area contributed by atoms with Crippen LogP contribution in [0.25, 0.3) is 0 Å². The largest absolute Gasteiger partial charge is 0.342 e. The van der Waals surface area contributed by atoms with Gasteiger partial charge >= 0.3 is 0 Å². The normalized spacial score (nSPS) is 8.57. The zero-order valence-corrected chi connectivity index (χ0v) is 6.63. The monoisotopic (exact) mass is 134 g/mol. The molecular weight excluding hydrogens is 122 g/mol. The molecule has 0 aliphatic heterocycles. The van der Waals surface area contributed by atoms with Gasteiger partial charge in [0.2, 0.25) is 0 Å². The Hall–Kier alpha value is 0.674. The predicted octanol–water partition coefficient (Wildman–Crippen LogP) is 0.770. The summed E-state index contributed by atoms with van der Waals surface area (Å²) in [5.41, 5.74) is 0. The minimum atomic E-state index is 0. The van der Waals surface area contributed by atoms with E-state index < -0.39 is 0 Å². The summed E-state index contributed by atoms with van der Waals surface area (Å²) in [6.45, 7) is 4.78. The maximum absolute atomic E-state index is 3.68. The fourth-order valence-corrected chi connectivity index (χ4v) is 0.316. The summed E-state index contributed by atoms with van der Waals surface area (Å²) < 4.78 is 0. The van der Waals surface area contributed by atoms with Crippen LogP contribution < -0.4 is 0 Å². The molecule has 0 aliphatic rings. The quantitative estimate of drug-likeness (QED) is 0.398. The first-order valence-electron chi connectivity index (χ1n) is 2.21. The molecule has 42 valence electrons. The first-order chi connectivity index (χ1) is 2.77. The van der Waals surface area contributed by atoms with Gasteiger partial charge in [-0.15, -0.1) is 0 Å². The van der Waals surface area contributed by atoms with Crippen molar-refractivity contribution in [1.29, 1.82) is 0 Å². The second-order valence-corrected chi connectivity index (χ2v) is 1.66. The van der Waals surface area contributed by atoms with Gasteiger partial charge < -0.3 is 11.8 Å². The molecular formula is C5H12NTi-. The van der Waals surface area contributed by atoms with Crippen LogP contribution in [0.2, 0.25) is 0 Å². The molecule has 0 amide bonds. The third-order valence-corrected chi connectivity index (χ3v) is 0.605.